The van der Waals surface area contributed by atoms with Crippen LogP contribution < -0.4 is 10.1 Å². The van der Waals surface area contributed by atoms with Crippen LogP contribution >= 0.6 is 0 Å². The summed E-state index contributed by atoms with van der Waals surface area (Å²) in [5.41, 5.74) is 5.03. The van der Waals surface area contributed by atoms with Gasteiger partial charge in [0.25, 0.3) is 17.6 Å². The topological polar surface area (TPSA) is 109 Å². The fraction of sp³-hybridized carbons (Fsp3) is 0.194. The van der Waals surface area contributed by atoms with Crippen molar-refractivity contribution < 1.29 is 19.1 Å². The lowest BCUT2D eigenvalue weighted by molar-refractivity contribution is -0.126. The second-order valence-electron chi connectivity index (χ2n) is 9.34. The molecule has 9 nitrogen and oxygen atoms in total. The Morgan fingerprint density at radius 2 is 1.73 bits per heavy atom. The number of amides is 2. The predicted molar refractivity (Wildman–Crippen MR) is 152 cm³/mol. The van der Waals surface area contributed by atoms with Crippen LogP contribution in [0.25, 0.3) is 32.7 Å². The first-order valence-electron chi connectivity index (χ1n) is 12.8. The van der Waals surface area contributed by atoms with Crippen molar-refractivity contribution in [1.29, 1.82) is 0 Å². The smallest absolute Gasteiger partial charge is 0.295 e. The molecule has 0 aliphatic carbocycles. The normalized spacial score (nSPS) is 13.0. The van der Waals surface area contributed by atoms with Crippen LogP contribution in [0.15, 0.2) is 72.6 Å². The van der Waals surface area contributed by atoms with E-state index in [0.29, 0.717) is 59.5 Å². The van der Waals surface area contributed by atoms with E-state index in [1.807, 2.05) is 30.3 Å². The number of carbonyl (C=O) groups excluding carboxylic acids is 3. The zero-order valence-corrected chi connectivity index (χ0v) is 22.2. The van der Waals surface area contributed by atoms with E-state index in [0.717, 1.165) is 16.7 Å². The number of piperidine rings is 1. The molecule has 4 aromatic rings. The van der Waals surface area contributed by atoms with Crippen LogP contribution in [0.3, 0.4) is 0 Å². The summed E-state index contributed by atoms with van der Waals surface area (Å²) in [6, 6.07) is 16.5. The van der Waals surface area contributed by atoms with Gasteiger partial charge in [-0.1, -0.05) is 48.0 Å². The van der Waals surface area contributed by atoms with E-state index in [2.05, 4.69) is 20.1 Å². The van der Waals surface area contributed by atoms with Crippen LogP contribution in [0, 0.1) is 6.57 Å². The number of ether oxygens (including phenoxy) is 1. The van der Waals surface area contributed by atoms with Gasteiger partial charge >= 0.3 is 0 Å². The SMILES string of the molecule is [C-]#[N+]C(=C1CCN(C(=O)C(=O)c2c[nH]c3c(-c4ccc(C(=O)NC)cc4)ncc(OC)c23)CC1)c1ccccc1. The monoisotopic (exact) mass is 533 g/mol. The largest absolute Gasteiger partial charge is 0.494 e. The van der Waals surface area contributed by atoms with Crippen LogP contribution in [0.4, 0.5) is 0 Å². The molecule has 0 spiro atoms. The summed E-state index contributed by atoms with van der Waals surface area (Å²) in [6.45, 7) is 8.37. The number of Topliss-reactive ketones (excluding diaryl/α,β-unsaturated/α-hetero) is 1. The molecule has 0 bridgehead atoms. The van der Waals surface area contributed by atoms with Crippen molar-refractivity contribution in [2.75, 3.05) is 27.2 Å². The number of aromatic nitrogens is 2. The number of aromatic amines is 1. The zero-order valence-electron chi connectivity index (χ0n) is 22.2. The van der Waals surface area contributed by atoms with Crippen molar-refractivity contribution in [2.24, 2.45) is 0 Å². The third-order valence-electron chi connectivity index (χ3n) is 7.13. The van der Waals surface area contributed by atoms with Crippen molar-refractivity contribution in [1.82, 2.24) is 20.2 Å². The quantitative estimate of drug-likeness (QED) is 0.212. The van der Waals surface area contributed by atoms with Crippen molar-refractivity contribution in [3.8, 4) is 17.0 Å². The molecule has 2 N–H and O–H groups in total. The van der Waals surface area contributed by atoms with Crippen molar-refractivity contribution in [3.63, 3.8) is 0 Å². The molecule has 2 amide bonds. The molecular formula is C31H27N5O4. The Kier molecular flexibility index (Phi) is 7.42. The molecule has 1 saturated heterocycles. The molecule has 1 aliphatic rings. The molecule has 0 atom stereocenters. The van der Waals surface area contributed by atoms with E-state index in [4.69, 9.17) is 11.3 Å². The number of nitrogens with one attached hydrogen (secondary N) is 2. The number of methoxy groups -OCH3 is 1. The summed E-state index contributed by atoms with van der Waals surface area (Å²) in [7, 11) is 3.05. The molecule has 9 heteroatoms. The third-order valence-corrected chi connectivity index (χ3v) is 7.13. The molecule has 2 aromatic heterocycles. The summed E-state index contributed by atoms with van der Waals surface area (Å²) >= 11 is 0. The Morgan fingerprint density at radius 1 is 1.02 bits per heavy atom. The van der Waals surface area contributed by atoms with E-state index >= 15 is 0 Å². The molecule has 200 valence electrons. The average Bonchev–Trinajstić information content (AvgIpc) is 3.46. The standard InChI is InChI=1S/C31H27N5O4/c1-32-26(19-7-5-4-6-8-19)21-13-15-36(16-14-21)31(39)29(37)23-17-34-28-25(23)24(40-3)18-35-27(28)20-9-11-22(12-10-20)30(38)33-2/h4-12,17-18,34H,13-16H2,2-3H3,(H,33,38). The Morgan fingerprint density at radius 3 is 2.35 bits per heavy atom. The minimum absolute atomic E-state index is 0.198. The number of H-pyrrole nitrogens is 1. The molecule has 40 heavy (non-hydrogen) atoms. The lowest BCUT2D eigenvalue weighted by Gasteiger charge is -2.28. The summed E-state index contributed by atoms with van der Waals surface area (Å²) in [6.07, 6.45) is 4.10. The van der Waals surface area contributed by atoms with Gasteiger partial charge in [-0.05, 0) is 30.5 Å². The highest BCUT2D eigenvalue weighted by atomic mass is 16.5. The molecule has 3 heterocycles. The fourth-order valence-corrected chi connectivity index (χ4v) is 5.01. The van der Waals surface area contributed by atoms with Crippen molar-refractivity contribution >= 4 is 34.2 Å². The van der Waals surface area contributed by atoms with Crippen LogP contribution in [0.2, 0.25) is 0 Å². The van der Waals surface area contributed by atoms with Crippen molar-refractivity contribution in [2.45, 2.75) is 12.8 Å². The number of carbonyl (C=O) groups is 3. The number of ketones is 1. The van der Waals surface area contributed by atoms with Gasteiger partial charge in [0.1, 0.15) is 5.75 Å². The molecule has 2 aromatic carbocycles. The van der Waals surface area contributed by atoms with Gasteiger partial charge in [0.15, 0.2) is 5.70 Å². The molecule has 1 fully saturated rings. The number of hydrogen-bond acceptors (Lipinski definition) is 5. The number of nitrogens with zero attached hydrogens (tertiary/aromatic N) is 3. The van der Waals surface area contributed by atoms with Gasteiger partial charge in [-0.2, -0.15) is 0 Å². The summed E-state index contributed by atoms with van der Waals surface area (Å²) < 4.78 is 5.51. The maximum atomic E-state index is 13.5. The number of benzene rings is 2. The van der Waals surface area contributed by atoms with Gasteiger partial charge < -0.3 is 19.9 Å². The second-order valence-corrected chi connectivity index (χ2v) is 9.34. The predicted octanol–water partition coefficient (Wildman–Crippen LogP) is 4.73. The Balaban J connectivity index is 1.41. The molecular weight excluding hydrogens is 506 g/mol. The first-order chi connectivity index (χ1) is 19.5. The first-order valence-corrected chi connectivity index (χ1v) is 12.8. The van der Waals surface area contributed by atoms with E-state index in [1.54, 1.807) is 36.2 Å². The van der Waals surface area contributed by atoms with Gasteiger partial charge in [0, 0.05) is 37.5 Å². The maximum Gasteiger partial charge on any atom is 0.295 e. The highest BCUT2D eigenvalue weighted by Crippen LogP contribution is 2.35. The molecule has 5 rings (SSSR count). The van der Waals surface area contributed by atoms with Gasteiger partial charge in [-0.15, -0.1) is 0 Å². The van der Waals surface area contributed by atoms with Gasteiger partial charge in [0.2, 0.25) is 0 Å². The molecule has 0 radical (unpaired) electrons. The van der Waals surface area contributed by atoms with Gasteiger partial charge in [-0.3, -0.25) is 19.4 Å². The fourth-order valence-electron chi connectivity index (χ4n) is 5.01. The Hall–Kier alpha value is -5.23. The Bertz CT molecular complexity index is 1670. The lowest BCUT2D eigenvalue weighted by atomic mass is 9.97. The van der Waals surface area contributed by atoms with E-state index in [9.17, 15) is 14.4 Å². The highest BCUT2D eigenvalue weighted by molar-refractivity contribution is 6.45. The zero-order chi connectivity index (χ0) is 28.2. The molecule has 0 saturated carbocycles. The number of hydrogen-bond donors (Lipinski definition) is 2. The van der Waals surface area contributed by atoms with Crippen LogP contribution in [0.1, 0.15) is 39.1 Å². The van der Waals surface area contributed by atoms with Crippen LogP contribution in [-0.4, -0.2) is 59.7 Å². The summed E-state index contributed by atoms with van der Waals surface area (Å²) in [5, 5.41) is 3.06. The second kappa shape index (κ2) is 11.3. The summed E-state index contributed by atoms with van der Waals surface area (Å²) in [5.74, 6) is -1.07. The number of fused-ring (bicyclic) bond motifs is 1. The van der Waals surface area contributed by atoms with Crippen LogP contribution in [0.5, 0.6) is 5.75 Å². The maximum absolute atomic E-state index is 13.5. The van der Waals surface area contributed by atoms with Crippen molar-refractivity contribution in [3.05, 3.63) is 101 Å². The number of rotatable bonds is 6. The number of pyridine rings is 1. The minimum Gasteiger partial charge on any atom is -0.494 e. The highest BCUT2D eigenvalue weighted by Gasteiger charge is 2.30. The molecule has 0 unspecified atom stereocenters. The van der Waals surface area contributed by atoms with Crippen LogP contribution in [-0.2, 0) is 4.79 Å². The van der Waals surface area contributed by atoms with E-state index in [1.165, 1.54) is 19.5 Å². The van der Waals surface area contributed by atoms with Gasteiger partial charge in [-0.25, -0.2) is 4.85 Å². The third kappa shape index (κ3) is 4.83. The lowest BCUT2D eigenvalue weighted by Crippen LogP contribution is -2.40. The summed E-state index contributed by atoms with van der Waals surface area (Å²) in [4.78, 5) is 51.7. The average molecular weight is 534 g/mol. The minimum atomic E-state index is -0.641. The molecule has 1 aliphatic heterocycles. The van der Waals surface area contributed by atoms with E-state index in [-0.39, 0.29) is 11.5 Å². The van der Waals surface area contributed by atoms with Gasteiger partial charge in [0.05, 0.1) is 42.0 Å². The Labute approximate surface area is 231 Å². The first kappa shape index (κ1) is 26.4. The number of likely N-dealkylation sites (tertiary alicyclic amines) is 1. The van der Waals surface area contributed by atoms with E-state index < -0.39 is 11.7 Å².